The molecule has 1 unspecified atom stereocenters. The Bertz CT molecular complexity index is 697. The van der Waals surface area contributed by atoms with Crippen LogP contribution in [0.1, 0.15) is 12.5 Å². The van der Waals surface area contributed by atoms with E-state index in [0.717, 1.165) is 57.5 Å². The number of hydrogen-bond acceptors (Lipinski definition) is 4. The van der Waals surface area contributed by atoms with Crippen LogP contribution in [0.25, 0.3) is 0 Å². The van der Waals surface area contributed by atoms with E-state index in [0.29, 0.717) is 30.6 Å². The summed E-state index contributed by atoms with van der Waals surface area (Å²) < 4.78 is 5.41. The van der Waals surface area contributed by atoms with Crippen LogP contribution in [0.4, 0.5) is 0 Å². The van der Waals surface area contributed by atoms with E-state index in [9.17, 15) is 4.79 Å². The third-order valence-corrected chi connectivity index (χ3v) is 5.65. The lowest BCUT2D eigenvalue weighted by Crippen LogP contribution is -2.55. The van der Waals surface area contributed by atoms with E-state index in [1.54, 1.807) is 7.05 Å². The zero-order chi connectivity index (χ0) is 20.6. The van der Waals surface area contributed by atoms with Gasteiger partial charge in [0.2, 0.25) is 5.91 Å². The summed E-state index contributed by atoms with van der Waals surface area (Å²) in [4.78, 5) is 23.4. The van der Waals surface area contributed by atoms with Crippen LogP contribution in [-0.4, -0.2) is 92.6 Å². The van der Waals surface area contributed by atoms with Gasteiger partial charge in [-0.3, -0.25) is 14.7 Å². The molecule has 2 heterocycles. The molecule has 0 spiro atoms. The molecule has 1 atom stereocenters. The summed E-state index contributed by atoms with van der Waals surface area (Å²) in [6.45, 7) is 10.2. The van der Waals surface area contributed by atoms with Crippen molar-refractivity contribution in [2.45, 2.75) is 13.5 Å². The van der Waals surface area contributed by atoms with E-state index in [1.165, 1.54) is 0 Å². The number of nitrogens with one attached hydrogen (secondary N) is 1. The van der Waals surface area contributed by atoms with Gasteiger partial charge in [-0.15, -0.1) is 24.0 Å². The number of morpholine rings is 1. The van der Waals surface area contributed by atoms with Crippen molar-refractivity contribution in [3.05, 3.63) is 34.9 Å². The first-order valence-electron chi connectivity index (χ1n) is 10.3. The number of rotatable bonds is 6. The number of halogens is 2. The molecule has 0 bridgehead atoms. The number of nitrogens with zero attached hydrogens (tertiary/aromatic N) is 4. The van der Waals surface area contributed by atoms with Crippen LogP contribution >= 0.6 is 35.6 Å². The Morgan fingerprint density at radius 2 is 1.90 bits per heavy atom. The maximum Gasteiger partial charge on any atom is 0.242 e. The average Bonchev–Trinajstić information content (AvgIpc) is 2.72. The predicted octanol–water partition coefficient (Wildman–Crippen LogP) is 2.15. The molecule has 0 radical (unpaired) electrons. The van der Waals surface area contributed by atoms with Gasteiger partial charge in [0, 0.05) is 57.9 Å². The normalized spacial score (nSPS) is 19.4. The average molecular weight is 550 g/mol. The first-order valence-corrected chi connectivity index (χ1v) is 10.7. The van der Waals surface area contributed by atoms with Gasteiger partial charge < -0.3 is 19.9 Å². The molecule has 2 aliphatic heterocycles. The number of hydrogen-bond donors (Lipinski definition) is 1. The highest BCUT2D eigenvalue weighted by molar-refractivity contribution is 14.0. The van der Waals surface area contributed by atoms with Crippen LogP contribution in [0, 0.1) is 5.92 Å². The largest absolute Gasteiger partial charge is 0.379 e. The number of carbonyl (C=O) groups excluding carboxylic acids is 1. The van der Waals surface area contributed by atoms with Crippen LogP contribution in [0.2, 0.25) is 5.02 Å². The fourth-order valence-electron chi connectivity index (χ4n) is 3.75. The van der Waals surface area contributed by atoms with Crippen LogP contribution in [-0.2, 0) is 16.1 Å². The molecule has 7 nitrogen and oxygen atoms in total. The topological polar surface area (TPSA) is 60.4 Å². The van der Waals surface area contributed by atoms with Crippen molar-refractivity contribution in [2.75, 3.05) is 66.1 Å². The lowest BCUT2D eigenvalue weighted by Gasteiger charge is -2.36. The van der Waals surface area contributed by atoms with E-state index >= 15 is 0 Å². The molecular formula is C21H33ClIN5O2. The third-order valence-electron chi connectivity index (χ3n) is 5.40. The number of carbonyl (C=O) groups is 1. The third kappa shape index (κ3) is 7.55. The van der Waals surface area contributed by atoms with Crippen LogP contribution in [0.3, 0.4) is 0 Å². The molecule has 1 amide bonds. The van der Waals surface area contributed by atoms with E-state index in [4.69, 9.17) is 16.3 Å². The molecule has 2 fully saturated rings. The van der Waals surface area contributed by atoms with E-state index in [2.05, 4.69) is 22.1 Å². The minimum absolute atomic E-state index is 0. The summed E-state index contributed by atoms with van der Waals surface area (Å²) >= 11 is 5.94. The molecule has 9 heteroatoms. The Balaban J connectivity index is 0.00000320. The summed E-state index contributed by atoms with van der Waals surface area (Å²) in [6.07, 6.45) is 0. The van der Waals surface area contributed by atoms with Gasteiger partial charge >= 0.3 is 0 Å². The summed E-state index contributed by atoms with van der Waals surface area (Å²) in [5.74, 6) is 1.42. The second-order valence-corrected chi connectivity index (χ2v) is 8.25. The highest BCUT2D eigenvalue weighted by atomic mass is 127. The van der Waals surface area contributed by atoms with Crippen molar-refractivity contribution in [1.82, 2.24) is 20.0 Å². The Morgan fingerprint density at radius 3 is 2.53 bits per heavy atom. The van der Waals surface area contributed by atoms with Gasteiger partial charge in [0.15, 0.2) is 5.96 Å². The molecule has 2 aliphatic rings. The molecule has 168 valence electrons. The molecule has 2 saturated heterocycles. The smallest absolute Gasteiger partial charge is 0.242 e. The van der Waals surface area contributed by atoms with Crippen molar-refractivity contribution in [3.63, 3.8) is 0 Å². The van der Waals surface area contributed by atoms with Crippen molar-refractivity contribution in [1.29, 1.82) is 0 Å². The lowest BCUT2D eigenvalue weighted by atomic mass is 10.1. The van der Waals surface area contributed by atoms with E-state index in [-0.39, 0.29) is 29.9 Å². The molecule has 30 heavy (non-hydrogen) atoms. The zero-order valence-corrected chi connectivity index (χ0v) is 20.9. The molecule has 1 aromatic rings. The number of aliphatic imine (C=N–C) groups is 1. The number of piperazine rings is 1. The molecule has 1 aromatic carbocycles. The van der Waals surface area contributed by atoms with Gasteiger partial charge in [-0.1, -0.05) is 30.7 Å². The van der Waals surface area contributed by atoms with Gasteiger partial charge in [-0.05, 0) is 23.6 Å². The molecular weight excluding hydrogens is 517 g/mol. The van der Waals surface area contributed by atoms with E-state index < -0.39 is 0 Å². The quantitative estimate of drug-likeness (QED) is 0.335. The van der Waals surface area contributed by atoms with Gasteiger partial charge in [0.1, 0.15) is 0 Å². The Hall–Kier alpha value is -1.10. The van der Waals surface area contributed by atoms with Crippen molar-refractivity contribution >= 4 is 47.4 Å². The maximum atomic E-state index is 12.7. The Kier molecular flexibility index (Phi) is 10.6. The molecule has 0 aromatic heterocycles. The van der Waals surface area contributed by atoms with Crippen LogP contribution < -0.4 is 5.32 Å². The number of benzene rings is 1. The zero-order valence-electron chi connectivity index (χ0n) is 17.8. The predicted molar refractivity (Wildman–Crippen MR) is 132 cm³/mol. The number of ether oxygens (including phenoxy) is 1. The van der Waals surface area contributed by atoms with E-state index in [1.807, 2.05) is 34.1 Å². The van der Waals surface area contributed by atoms with Crippen LogP contribution in [0.5, 0.6) is 0 Å². The highest BCUT2D eigenvalue weighted by Crippen LogP contribution is 2.14. The second kappa shape index (κ2) is 12.7. The van der Waals surface area contributed by atoms with Gasteiger partial charge in [0.05, 0.1) is 19.8 Å². The summed E-state index contributed by atoms with van der Waals surface area (Å²) in [5, 5.41) is 4.16. The molecule has 1 N–H and O–H groups in total. The molecule has 3 rings (SSSR count). The molecule has 0 saturated carbocycles. The van der Waals surface area contributed by atoms with Crippen molar-refractivity contribution in [2.24, 2.45) is 10.9 Å². The Morgan fingerprint density at radius 1 is 1.20 bits per heavy atom. The van der Waals surface area contributed by atoms with Gasteiger partial charge in [-0.25, -0.2) is 0 Å². The standard InChI is InChI=1S/C21H32ClN5O2.HI/c1-17(14-25-9-11-29-12-10-25)13-24-21(23-2)27-8-7-26(20(28)16-27)15-18-3-5-19(22)6-4-18;/h3-6,17H,7-16H2,1-2H3,(H,23,24);1H. The lowest BCUT2D eigenvalue weighted by molar-refractivity contribution is -0.135. The fraction of sp³-hybridized carbons (Fsp3) is 0.619. The van der Waals surface area contributed by atoms with Crippen LogP contribution in [0.15, 0.2) is 29.3 Å². The number of amides is 1. The van der Waals surface area contributed by atoms with Gasteiger partial charge in [0.25, 0.3) is 0 Å². The van der Waals surface area contributed by atoms with Crippen molar-refractivity contribution < 1.29 is 9.53 Å². The SMILES string of the molecule is CN=C(NCC(C)CN1CCOCC1)N1CCN(Cc2ccc(Cl)cc2)C(=O)C1.I. The Labute approximate surface area is 201 Å². The summed E-state index contributed by atoms with van der Waals surface area (Å²) in [5.41, 5.74) is 1.09. The minimum atomic E-state index is 0. The monoisotopic (exact) mass is 549 g/mol. The first-order chi connectivity index (χ1) is 14.0. The van der Waals surface area contributed by atoms with Gasteiger partial charge in [-0.2, -0.15) is 0 Å². The summed E-state index contributed by atoms with van der Waals surface area (Å²) in [6, 6.07) is 7.67. The highest BCUT2D eigenvalue weighted by Gasteiger charge is 2.26. The second-order valence-electron chi connectivity index (χ2n) is 7.81. The fourth-order valence-corrected chi connectivity index (χ4v) is 3.88. The van der Waals surface area contributed by atoms with Crippen molar-refractivity contribution in [3.8, 4) is 0 Å². The first kappa shape index (κ1) is 25.2. The maximum absolute atomic E-state index is 12.7. The molecule has 0 aliphatic carbocycles. The number of guanidine groups is 1. The minimum Gasteiger partial charge on any atom is -0.379 e. The summed E-state index contributed by atoms with van der Waals surface area (Å²) in [7, 11) is 1.78.